The van der Waals surface area contributed by atoms with E-state index in [-0.39, 0.29) is 29.5 Å². The summed E-state index contributed by atoms with van der Waals surface area (Å²) in [6, 6.07) is 4.08. The summed E-state index contributed by atoms with van der Waals surface area (Å²) in [6.45, 7) is 0.187. The van der Waals surface area contributed by atoms with Gasteiger partial charge in [0.05, 0.1) is 23.3 Å². The lowest BCUT2D eigenvalue weighted by Crippen LogP contribution is -2.34. The zero-order valence-corrected chi connectivity index (χ0v) is 10.1. The predicted octanol–water partition coefficient (Wildman–Crippen LogP) is 0.783. The number of hydrogen-bond donors (Lipinski definition) is 3. The Balaban J connectivity index is 2.61. The molecule has 1 rings (SSSR count). The van der Waals surface area contributed by atoms with Crippen molar-refractivity contribution in [3.05, 3.63) is 28.8 Å². The number of aromatic hydroxyl groups is 1. The van der Waals surface area contributed by atoms with Crippen LogP contribution in [0.4, 0.5) is 0 Å². The molecule has 0 saturated carbocycles. The van der Waals surface area contributed by atoms with E-state index in [0.29, 0.717) is 0 Å². The third-order valence-corrected chi connectivity index (χ3v) is 2.38. The molecule has 0 heterocycles. The van der Waals surface area contributed by atoms with E-state index in [1.807, 2.05) is 0 Å². The Morgan fingerprint density at radius 3 is 2.94 bits per heavy atom. The Hall–Kier alpha value is -1.30. The fourth-order valence-electron chi connectivity index (χ4n) is 1.24. The molecular weight excluding hydrogens is 246 g/mol. The number of phenolic OH excluding ortho intramolecular Hbond substituents is 1. The quantitative estimate of drug-likeness (QED) is 0.730. The average molecular weight is 260 g/mol. The van der Waals surface area contributed by atoms with Crippen molar-refractivity contribution in [2.75, 3.05) is 20.3 Å². The molecule has 0 radical (unpaired) electrons. The average Bonchev–Trinajstić information content (AvgIpc) is 2.29. The van der Waals surface area contributed by atoms with Crippen molar-refractivity contribution >= 4 is 17.5 Å². The highest BCUT2D eigenvalue weighted by molar-refractivity contribution is 6.33. The Morgan fingerprint density at radius 2 is 2.29 bits per heavy atom. The highest BCUT2D eigenvalue weighted by Gasteiger charge is 2.12. The van der Waals surface area contributed by atoms with Crippen LogP contribution in [0.15, 0.2) is 18.2 Å². The number of halogens is 1. The first kappa shape index (κ1) is 13.8. The fraction of sp³-hybridized carbons (Fsp3) is 0.364. The summed E-state index contributed by atoms with van der Waals surface area (Å²) in [5, 5.41) is 21.3. The van der Waals surface area contributed by atoms with Crippen molar-refractivity contribution in [3.8, 4) is 5.75 Å². The fourth-order valence-corrected chi connectivity index (χ4v) is 1.45. The molecule has 0 fully saturated rings. The van der Waals surface area contributed by atoms with Gasteiger partial charge >= 0.3 is 0 Å². The molecular formula is C11H14ClNO4. The van der Waals surface area contributed by atoms with E-state index in [4.69, 9.17) is 16.3 Å². The molecule has 5 nitrogen and oxygen atoms in total. The van der Waals surface area contributed by atoms with Gasteiger partial charge in [-0.05, 0) is 18.2 Å². The largest absolute Gasteiger partial charge is 0.508 e. The topological polar surface area (TPSA) is 78.8 Å². The molecule has 0 aliphatic carbocycles. The molecule has 1 unspecified atom stereocenters. The van der Waals surface area contributed by atoms with Crippen molar-refractivity contribution < 1.29 is 19.7 Å². The van der Waals surface area contributed by atoms with Gasteiger partial charge in [0.1, 0.15) is 5.75 Å². The summed E-state index contributed by atoms with van der Waals surface area (Å²) in [4.78, 5) is 11.7. The van der Waals surface area contributed by atoms with E-state index < -0.39 is 12.0 Å². The highest BCUT2D eigenvalue weighted by atomic mass is 35.5. The minimum atomic E-state index is -0.778. The molecule has 0 aromatic heterocycles. The van der Waals surface area contributed by atoms with E-state index >= 15 is 0 Å². The maximum absolute atomic E-state index is 11.7. The molecule has 0 aliphatic heterocycles. The molecule has 1 atom stereocenters. The van der Waals surface area contributed by atoms with Crippen molar-refractivity contribution in [2.24, 2.45) is 0 Å². The summed E-state index contributed by atoms with van der Waals surface area (Å²) in [5.74, 6) is -0.502. The number of aliphatic hydroxyl groups is 1. The van der Waals surface area contributed by atoms with Gasteiger partial charge in [-0.1, -0.05) is 11.6 Å². The molecule has 1 aromatic carbocycles. The van der Waals surface area contributed by atoms with Crippen molar-refractivity contribution in [1.29, 1.82) is 0 Å². The Kier molecular flexibility index (Phi) is 5.21. The van der Waals surface area contributed by atoms with Gasteiger partial charge in [0.2, 0.25) is 0 Å². The van der Waals surface area contributed by atoms with E-state index in [2.05, 4.69) is 5.32 Å². The summed E-state index contributed by atoms with van der Waals surface area (Å²) < 4.78 is 4.72. The molecule has 0 spiro atoms. The minimum absolute atomic E-state index is 0.0445. The van der Waals surface area contributed by atoms with Crippen LogP contribution in [0.1, 0.15) is 10.4 Å². The first-order chi connectivity index (χ1) is 8.04. The van der Waals surface area contributed by atoms with E-state index in [9.17, 15) is 15.0 Å². The number of amides is 1. The number of carbonyl (C=O) groups is 1. The number of aliphatic hydroxyl groups excluding tert-OH is 1. The Bertz CT molecular complexity index is 397. The maximum Gasteiger partial charge on any atom is 0.253 e. The predicted molar refractivity (Wildman–Crippen MR) is 63.3 cm³/mol. The second-order valence-electron chi connectivity index (χ2n) is 3.48. The molecule has 1 amide bonds. The van der Waals surface area contributed by atoms with Crippen molar-refractivity contribution in [1.82, 2.24) is 5.32 Å². The van der Waals surface area contributed by atoms with Gasteiger partial charge in [-0.2, -0.15) is 0 Å². The molecule has 1 aromatic rings. The lowest BCUT2D eigenvalue weighted by atomic mass is 10.2. The standard InChI is InChI=1S/C11H14ClNO4/c1-17-6-8(15)5-13-11(16)9-4-7(14)2-3-10(9)12/h2-4,8,14-15H,5-6H2,1H3,(H,13,16). The summed E-state index contributed by atoms with van der Waals surface area (Å²) in [5.41, 5.74) is 0.163. The number of rotatable bonds is 5. The van der Waals surface area contributed by atoms with Crippen LogP contribution in [0.25, 0.3) is 0 Å². The van der Waals surface area contributed by atoms with Gasteiger partial charge in [0.25, 0.3) is 5.91 Å². The van der Waals surface area contributed by atoms with Crippen LogP contribution in [0.3, 0.4) is 0 Å². The van der Waals surface area contributed by atoms with Gasteiger partial charge in [-0.3, -0.25) is 4.79 Å². The van der Waals surface area contributed by atoms with Gasteiger partial charge in [0, 0.05) is 13.7 Å². The van der Waals surface area contributed by atoms with Crippen LogP contribution in [0.5, 0.6) is 5.75 Å². The maximum atomic E-state index is 11.7. The third kappa shape index (κ3) is 4.22. The van der Waals surface area contributed by atoms with Crippen LogP contribution in [-0.2, 0) is 4.74 Å². The monoisotopic (exact) mass is 259 g/mol. The molecule has 17 heavy (non-hydrogen) atoms. The second kappa shape index (κ2) is 6.44. The Labute approximate surface area is 104 Å². The smallest absolute Gasteiger partial charge is 0.253 e. The zero-order valence-electron chi connectivity index (χ0n) is 9.31. The number of ether oxygens (including phenoxy) is 1. The molecule has 0 aliphatic rings. The van der Waals surface area contributed by atoms with Crippen LogP contribution in [0, 0.1) is 0 Å². The number of nitrogens with one attached hydrogen (secondary N) is 1. The van der Waals surface area contributed by atoms with Crippen molar-refractivity contribution in [2.45, 2.75) is 6.10 Å². The van der Waals surface area contributed by atoms with Gasteiger partial charge < -0.3 is 20.3 Å². The number of methoxy groups -OCH3 is 1. The second-order valence-corrected chi connectivity index (χ2v) is 3.89. The van der Waals surface area contributed by atoms with Crippen LogP contribution >= 0.6 is 11.6 Å². The van der Waals surface area contributed by atoms with E-state index in [0.717, 1.165) is 0 Å². The van der Waals surface area contributed by atoms with Gasteiger partial charge in [-0.25, -0.2) is 0 Å². The number of hydrogen-bond acceptors (Lipinski definition) is 4. The van der Waals surface area contributed by atoms with Crippen molar-refractivity contribution in [3.63, 3.8) is 0 Å². The SMILES string of the molecule is COCC(O)CNC(=O)c1cc(O)ccc1Cl. The minimum Gasteiger partial charge on any atom is -0.508 e. The number of benzene rings is 1. The third-order valence-electron chi connectivity index (χ3n) is 2.05. The number of phenols is 1. The molecule has 6 heteroatoms. The first-order valence-electron chi connectivity index (χ1n) is 4.98. The summed E-state index contributed by atoms with van der Waals surface area (Å²) in [7, 11) is 1.46. The Morgan fingerprint density at radius 1 is 1.59 bits per heavy atom. The summed E-state index contributed by atoms with van der Waals surface area (Å²) in [6.07, 6.45) is -0.778. The van der Waals surface area contributed by atoms with Gasteiger partial charge in [0.15, 0.2) is 0 Å². The van der Waals surface area contributed by atoms with Gasteiger partial charge in [-0.15, -0.1) is 0 Å². The zero-order chi connectivity index (χ0) is 12.8. The molecule has 3 N–H and O–H groups in total. The molecule has 0 saturated heterocycles. The van der Waals surface area contributed by atoms with Crippen LogP contribution in [0.2, 0.25) is 5.02 Å². The van der Waals surface area contributed by atoms with Crippen LogP contribution in [-0.4, -0.2) is 42.5 Å². The van der Waals surface area contributed by atoms with E-state index in [1.54, 1.807) is 0 Å². The normalized spacial score (nSPS) is 12.2. The first-order valence-corrected chi connectivity index (χ1v) is 5.36. The van der Waals surface area contributed by atoms with Crippen LogP contribution < -0.4 is 5.32 Å². The number of carbonyl (C=O) groups excluding carboxylic acids is 1. The lowest BCUT2D eigenvalue weighted by Gasteiger charge is -2.11. The summed E-state index contributed by atoms with van der Waals surface area (Å²) >= 11 is 5.81. The molecule has 0 bridgehead atoms. The highest BCUT2D eigenvalue weighted by Crippen LogP contribution is 2.20. The van der Waals surface area contributed by atoms with E-state index in [1.165, 1.54) is 25.3 Å². The lowest BCUT2D eigenvalue weighted by molar-refractivity contribution is 0.0610. The molecule has 94 valence electrons.